The highest BCUT2D eigenvalue weighted by molar-refractivity contribution is 7.99. The van der Waals surface area contributed by atoms with Crippen LogP contribution in [0, 0.1) is 17.2 Å². The lowest BCUT2D eigenvalue weighted by Crippen LogP contribution is -2.55. The molecule has 16 nitrogen and oxygen atoms in total. The topological polar surface area (TPSA) is 184 Å². The number of anilines is 4. The summed E-state index contributed by atoms with van der Waals surface area (Å²) in [7, 11) is -11.0. The number of imide groups is 1. The van der Waals surface area contributed by atoms with Crippen LogP contribution < -0.4 is 30.5 Å². The lowest BCUT2D eigenvalue weighted by atomic mass is 9.72. The summed E-state index contributed by atoms with van der Waals surface area (Å²) in [6.45, 7) is 13.7. The van der Waals surface area contributed by atoms with Crippen molar-refractivity contribution in [3.8, 4) is 0 Å². The van der Waals surface area contributed by atoms with Gasteiger partial charge in [-0.15, -0.1) is 11.8 Å². The molecule has 2 unspecified atom stereocenters. The lowest BCUT2D eigenvalue weighted by Gasteiger charge is -2.47. The van der Waals surface area contributed by atoms with Crippen molar-refractivity contribution in [1.29, 1.82) is 0 Å². The van der Waals surface area contributed by atoms with Gasteiger partial charge in [-0.2, -0.15) is 13.2 Å². The van der Waals surface area contributed by atoms with Crippen molar-refractivity contribution in [3.05, 3.63) is 142 Å². The first kappa shape index (κ1) is 65.3. The molecule has 0 saturated carbocycles. The highest BCUT2D eigenvalue weighted by atomic mass is 35.5. The number of amides is 3. The van der Waals surface area contributed by atoms with E-state index in [1.165, 1.54) is 34.5 Å². The van der Waals surface area contributed by atoms with E-state index in [1.54, 1.807) is 24.3 Å². The number of halogens is 5. The Bertz CT molecular complexity index is 3720. The fraction of sp³-hybridized carbons (Fsp3) is 0.470. The molecule has 5 aromatic carbocycles. The normalized spacial score (nSPS) is 21.1. The van der Waals surface area contributed by atoms with E-state index < -0.39 is 70.6 Å². The van der Waals surface area contributed by atoms with Gasteiger partial charge in [0.05, 0.1) is 16.3 Å². The van der Waals surface area contributed by atoms with Gasteiger partial charge >= 0.3 is 5.51 Å². The number of carbonyl (C=O) groups is 3. The van der Waals surface area contributed by atoms with Crippen molar-refractivity contribution in [1.82, 2.24) is 24.7 Å². The largest absolute Gasteiger partial charge is 0.501 e. The minimum Gasteiger partial charge on any atom is -0.380 e. The van der Waals surface area contributed by atoms with E-state index >= 15 is 4.39 Å². The summed E-state index contributed by atoms with van der Waals surface area (Å²) in [6.07, 6.45) is 7.37. The Balaban J connectivity index is 0.703. The van der Waals surface area contributed by atoms with Crippen LogP contribution in [0.2, 0.25) is 5.02 Å². The van der Waals surface area contributed by atoms with E-state index in [1.807, 2.05) is 58.2 Å². The average molecular weight is 1320 g/mol. The molecule has 482 valence electrons. The summed E-state index contributed by atoms with van der Waals surface area (Å²) >= 11 is 7.70. The van der Waals surface area contributed by atoms with E-state index in [4.69, 9.17) is 11.6 Å². The van der Waals surface area contributed by atoms with Crippen LogP contribution in [0.5, 0.6) is 0 Å². The van der Waals surface area contributed by atoms with Crippen molar-refractivity contribution < 1.29 is 48.8 Å². The smallest absolute Gasteiger partial charge is 0.380 e. The summed E-state index contributed by atoms with van der Waals surface area (Å²) < 4.78 is 116. The molecule has 5 aliphatic heterocycles. The molecule has 4 saturated heterocycles. The van der Waals surface area contributed by atoms with Gasteiger partial charge in [-0.25, -0.2) is 25.9 Å². The van der Waals surface area contributed by atoms with Gasteiger partial charge in [0.1, 0.15) is 16.8 Å². The number of thioether (sulfide) groups is 1. The maximum absolute atomic E-state index is 15.4. The van der Waals surface area contributed by atoms with Crippen LogP contribution in [0.3, 0.4) is 0 Å². The van der Waals surface area contributed by atoms with Gasteiger partial charge in [-0.3, -0.25) is 29.5 Å². The molecule has 11 rings (SSSR count). The van der Waals surface area contributed by atoms with Crippen molar-refractivity contribution in [2.45, 2.75) is 116 Å². The molecular weight excluding hydrogens is 1240 g/mol. The van der Waals surface area contributed by atoms with Crippen molar-refractivity contribution in [2.24, 2.45) is 11.3 Å². The van der Waals surface area contributed by atoms with Crippen LogP contribution in [-0.2, 0) is 35.9 Å². The number of piperidine rings is 2. The maximum Gasteiger partial charge on any atom is 0.501 e. The van der Waals surface area contributed by atoms with Crippen LogP contribution in [0.25, 0.3) is 5.57 Å². The number of carbonyl (C=O) groups excluding carboxylic acids is 3. The Kier molecular flexibility index (Phi) is 20.0. The molecule has 5 heterocycles. The number of rotatable bonds is 20. The summed E-state index contributed by atoms with van der Waals surface area (Å²) in [5.41, 5.74) is 0.902. The Morgan fingerprint density at radius 3 is 2.24 bits per heavy atom. The number of hydrogen-bond donors (Lipinski definition) is 4. The van der Waals surface area contributed by atoms with E-state index in [2.05, 4.69) is 61.5 Å². The monoisotopic (exact) mass is 1320 g/mol. The molecule has 0 aromatic heterocycles. The SMILES string of the molecule is CC1(C)CCC(c2ccc(Cl)cc2)=C(CN2CCN3c4ccc(C(=O)NS(=O)(=O)c5ccc(N[C@H](CCN6CCC(CN7CCN(c8ccc(NC9CCC(=O)NC9=O)cc8F)CC7)CC6)CSc6ccccc6)c(S(=O)(=O)C(F)(F)F)c5)cc4CCC3C2)C1. The number of alkyl halides is 3. The minimum atomic E-state index is -6.13. The molecule has 3 atom stereocenters. The first-order valence-corrected chi connectivity index (χ1v) is 35.4. The second-order valence-electron chi connectivity index (χ2n) is 25.6. The molecular formula is C66H78ClF4N9O7S3. The number of fused-ring (bicyclic) bond motifs is 3. The number of aryl methyl sites for hydroxylation is 1. The highest BCUT2D eigenvalue weighted by Gasteiger charge is 2.49. The Morgan fingerprint density at radius 2 is 1.52 bits per heavy atom. The molecule has 3 amide bonds. The van der Waals surface area contributed by atoms with E-state index in [-0.39, 0.29) is 29.3 Å². The van der Waals surface area contributed by atoms with Gasteiger partial charge in [0, 0.05) is 117 Å². The molecule has 0 bridgehead atoms. The van der Waals surface area contributed by atoms with Gasteiger partial charge in [-0.1, -0.05) is 61.4 Å². The van der Waals surface area contributed by atoms with Crippen LogP contribution in [0.15, 0.2) is 129 Å². The number of nitrogens with one attached hydrogen (secondary N) is 4. The molecule has 90 heavy (non-hydrogen) atoms. The van der Waals surface area contributed by atoms with Gasteiger partial charge < -0.3 is 25.3 Å². The first-order chi connectivity index (χ1) is 42.9. The summed E-state index contributed by atoms with van der Waals surface area (Å²) in [4.78, 5) is 48.0. The molecule has 5 aromatic rings. The number of allylic oxidation sites excluding steroid dienone is 1. The molecule has 4 fully saturated rings. The highest BCUT2D eigenvalue weighted by Crippen LogP contribution is 2.44. The summed E-state index contributed by atoms with van der Waals surface area (Å²) in [5.74, 6) is -1.40. The second kappa shape index (κ2) is 27.5. The standard InChI is InChI=1S/C66H78ClF4N9O7S3/c1-65(2)26-22-55(45-8-12-49(67)13-9-45)48(39-65)41-78-32-35-80-52(42-78)15-10-46-36-47(11-19-59(46)80)63(82)75-90(86,87)54-16-17-57(61(38-54)89(84,85)66(69,70)71)73-51(43-88-53-6-4-3-5-7-53)25-29-76-27-23-44(24-28-76)40-77-30-33-79(34-31-77)60-20-14-50(37-56(60)68)72-58-18-21-62(81)74-64(58)83/h3-9,11-14,16-17,19-20,36-38,44,51-52,58,72-73H,10,15,18,21-35,39-43H2,1-2H3,(H,75,82)(H,74,81,83)/t51-,52?,58?/m1/s1. The Labute approximate surface area is 534 Å². The summed E-state index contributed by atoms with van der Waals surface area (Å²) in [6, 6.07) is 28.9. The zero-order chi connectivity index (χ0) is 63.5. The predicted octanol–water partition coefficient (Wildman–Crippen LogP) is 10.7. The van der Waals surface area contributed by atoms with Gasteiger partial charge in [0.25, 0.3) is 25.8 Å². The van der Waals surface area contributed by atoms with E-state index in [9.17, 15) is 44.4 Å². The van der Waals surface area contributed by atoms with Crippen LogP contribution in [0.1, 0.15) is 93.1 Å². The van der Waals surface area contributed by atoms with Crippen molar-refractivity contribution in [2.75, 3.05) is 105 Å². The number of sulfone groups is 1. The molecule has 24 heteroatoms. The van der Waals surface area contributed by atoms with Gasteiger partial charge in [0.2, 0.25) is 11.8 Å². The first-order valence-electron chi connectivity index (χ1n) is 31.1. The Hall–Kier alpha value is -6.21. The predicted molar refractivity (Wildman–Crippen MR) is 346 cm³/mol. The number of piperazine rings is 2. The zero-order valence-electron chi connectivity index (χ0n) is 50.7. The molecule has 4 N–H and O–H groups in total. The number of benzene rings is 5. The minimum absolute atomic E-state index is 0.0399. The van der Waals surface area contributed by atoms with Crippen LogP contribution in [-0.4, -0.2) is 157 Å². The van der Waals surface area contributed by atoms with Crippen molar-refractivity contribution in [3.63, 3.8) is 0 Å². The third kappa shape index (κ3) is 15.6. The zero-order valence-corrected chi connectivity index (χ0v) is 53.9. The van der Waals surface area contributed by atoms with Gasteiger partial charge in [-0.05, 0) is 178 Å². The molecule has 6 aliphatic rings. The van der Waals surface area contributed by atoms with E-state index in [0.717, 1.165) is 126 Å². The average Bonchev–Trinajstić information content (AvgIpc) is 0.870. The number of sulfonamides is 1. The molecule has 0 spiro atoms. The second-order valence-corrected chi connectivity index (χ2v) is 30.7. The third-order valence-corrected chi connectivity index (χ3v) is 22.9. The maximum atomic E-state index is 15.4. The fourth-order valence-electron chi connectivity index (χ4n) is 13.7. The number of likely N-dealkylation sites (tertiary alicyclic amines) is 1. The molecule has 0 radical (unpaired) electrons. The van der Waals surface area contributed by atoms with Crippen LogP contribution in [0.4, 0.5) is 40.3 Å². The Morgan fingerprint density at radius 1 is 0.789 bits per heavy atom. The van der Waals surface area contributed by atoms with Crippen molar-refractivity contribution >= 4 is 89.3 Å². The van der Waals surface area contributed by atoms with E-state index in [0.29, 0.717) is 73.0 Å². The fourth-order valence-corrected chi connectivity index (χ4v) is 16.8. The summed E-state index contributed by atoms with van der Waals surface area (Å²) in [5, 5.41) is 9.13. The third-order valence-electron chi connectivity index (χ3n) is 18.6. The van der Waals surface area contributed by atoms with Gasteiger partial charge in [0.15, 0.2) is 0 Å². The number of nitrogens with zero attached hydrogens (tertiary/aromatic N) is 5. The number of hydrogen-bond acceptors (Lipinski definition) is 15. The lowest BCUT2D eigenvalue weighted by molar-refractivity contribution is -0.133. The van der Waals surface area contributed by atoms with Crippen LogP contribution >= 0.6 is 23.4 Å². The quantitative estimate of drug-likeness (QED) is 0.0328. The molecule has 1 aliphatic carbocycles.